The number of fused-ring (bicyclic) bond motifs is 3. The van der Waals surface area contributed by atoms with E-state index < -0.39 is 0 Å². The van der Waals surface area contributed by atoms with Crippen LogP contribution in [0.3, 0.4) is 0 Å². The molecule has 2 aromatic carbocycles. The van der Waals surface area contributed by atoms with Gasteiger partial charge in [0, 0.05) is 35.8 Å². The lowest BCUT2D eigenvalue weighted by atomic mass is 9.95. The Morgan fingerprint density at radius 3 is 2.62 bits per heavy atom. The number of hydrogen-bond donors (Lipinski definition) is 1. The lowest BCUT2D eigenvalue weighted by molar-refractivity contribution is 0.0797. The molecule has 3 aromatic rings. The molecule has 0 aliphatic heterocycles. The Morgan fingerprint density at radius 2 is 1.83 bits per heavy atom. The van der Waals surface area contributed by atoms with Gasteiger partial charge in [0.25, 0.3) is 5.91 Å². The highest BCUT2D eigenvalue weighted by Gasteiger charge is 2.18. The fraction of sp³-hybridized carbons (Fsp3) is 0.375. The Morgan fingerprint density at radius 1 is 1.03 bits per heavy atom. The molecule has 1 aliphatic rings. The number of H-pyrrole nitrogens is 1. The molecule has 29 heavy (non-hydrogen) atoms. The standard InChI is InChI=1S/C24H28N2O3/c1-26(13-12-16-8-11-22(28-2)23(14-16)29-3)24(27)17-9-10-21-19(15-17)18-6-4-5-7-20(18)25-21/h8-11,14-15,25H,4-7,12-13H2,1-3H3. The van der Waals surface area contributed by atoms with Gasteiger partial charge in [0.05, 0.1) is 14.2 Å². The maximum absolute atomic E-state index is 13.0. The summed E-state index contributed by atoms with van der Waals surface area (Å²) in [5.41, 5.74) is 5.74. The second-order valence-corrected chi connectivity index (χ2v) is 7.72. The first-order valence-corrected chi connectivity index (χ1v) is 10.2. The first-order chi connectivity index (χ1) is 14.1. The Kier molecular flexibility index (Phi) is 5.47. The largest absolute Gasteiger partial charge is 0.493 e. The highest BCUT2D eigenvalue weighted by Crippen LogP contribution is 2.30. The van der Waals surface area contributed by atoms with Crippen LogP contribution in [-0.4, -0.2) is 43.6 Å². The van der Waals surface area contributed by atoms with Crippen molar-refractivity contribution in [3.05, 3.63) is 58.8 Å². The number of carbonyl (C=O) groups is 1. The van der Waals surface area contributed by atoms with E-state index in [1.165, 1.54) is 29.5 Å². The van der Waals surface area contributed by atoms with Crippen LogP contribution in [0.25, 0.3) is 10.9 Å². The quantitative estimate of drug-likeness (QED) is 0.677. The van der Waals surface area contributed by atoms with Gasteiger partial charge >= 0.3 is 0 Å². The van der Waals surface area contributed by atoms with Gasteiger partial charge in [0.2, 0.25) is 0 Å². The molecule has 1 N–H and O–H groups in total. The van der Waals surface area contributed by atoms with E-state index in [4.69, 9.17) is 9.47 Å². The molecule has 0 fully saturated rings. The summed E-state index contributed by atoms with van der Waals surface area (Å²) in [6, 6.07) is 11.9. The zero-order chi connectivity index (χ0) is 20.4. The number of aromatic amines is 1. The molecule has 0 radical (unpaired) electrons. The summed E-state index contributed by atoms with van der Waals surface area (Å²) in [6.45, 7) is 0.637. The van der Waals surface area contributed by atoms with Gasteiger partial charge in [-0.1, -0.05) is 6.07 Å². The minimum atomic E-state index is 0.0538. The Bertz CT molecular complexity index is 1040. The van der Waals surface area contributed by atoms with Gasteiger partial charge in [-0.05, 0) is 73.6 Å². The highest BCUT2D eigenvalue weighted by atomic mass is 16.5. The molecule has 0 atom stereocenters. The molecule has 5 nitrogen and oxygen atoms in total. The van der Waals surface area contributed by atoms with E-state index in [0.29, 0.717) is 18.0 Å². The lowest BCUT2D eigenvalue weighted by Crippen LogP contribution is -2.28. The molecule has 0 bridgehead atoms. The molecule has 5 heteroatoms. The smallest absolute Gasteiger partial charge is 0.253 e. The van der Waals surface area contributed by atoms with Crippen molar-refractivity contribution in [3.8, 4) is 11.5 Å². The number of rotatable bonds is 6. The molecular weight excluding hydrogens is 364 g/mol. The van der Waals surface area contributed by atoms with Gasteiger partial charge in [0.1, 0.15) is 0 Å². The number of aromatic nitrogens is 1. The van der Waals surface area contributed by atoms with Crippen LogP contribution in [0.4, 0.5) is 0 Å². The van der Waals surface area contributed by atoms with Crippen molar-refractivity contribution < 1.29 is 14.3 Å². The van der Waals surface area contributed by atoms with Gasteiger partial charge in [-0.25, -0.2) is 0 Å². The van der Waals surface area contributed by atoms with Crippen LogP contribution < -0.4 is 9.47 Å². The van der Waals surface area contributed by atoms with E-state index in [9.17, 15) is 4.79 Å². The van der Waals surface area contributed by atoms with Crippen molar-refractivity contribution in [3.63, 3.8) is 0 Å². The van der Waals surface area contributed by atoms with Gasteiger partial charge in [-0.3, -0.25) is 4.79 Å². The van der Waals surface area contributed by atoms with E-state index in [-0.39, 0.29) is 5.91 Å². The molecule has 0 saturated heterocycles. The van der Waals surface area contributed by atoms with Gasteiger partial charge in [-0.15, -0.1) is 0 Å². The van der Waals surface area contributed by atoms with Gasteiger partial charge < -0.3 is 19.4 Å². The zero-order valence-electron chi connectivity index (χ0n) is 17.4. The van der Waals surface area contributed by atoms with Crippen molar-refractivity contribution in [2.45, 2.75) is 32.1 Å². The van der Waals surface area contributed by atoms with E-state index in [1.807, 2.05) is 37.4 Å². The summed E-state index contributed by atoms with van der Waals surface area (Å²) in [5.74, 6) is 1.48. The molecular formula is C24H28N2O3. The molecule has 152 valence electrons. The van der Waals surface area contributed by atoms with Crippen LogP contribution in [0.2, 0.25) is 0 Å². The molecule has 0 saturated carbocycles. The maximum Gasteiger partial charge on any atom is 0.253 e. The van der Waals surface area contributed by atoms with Crippen LogP contribution in [0.15, 0.2) is 36.4 Å². The average Bonchev–Trinajstić information content (AvgIpc) is 3.14. The third-order valence-corrected chi connectivity index (χ3v) is 5.88. The predicted octanol–water partition coefficient (Wildman–Crippen LogP) is 4.38. The summed E-state index contributed by atoms with van der Waals surface area (Å²) in [4.78, 5) is 18.3. The number of hydrogen-bond acceptors (Lipinski definition) is 3. The molecule has 0 unspecified atom stereocenters. The number of benzene rings is 2. The van der Waals surface area contributed by atoms with Crippen LogP contribution in [0, 0.1) is 0 Å². The van der Waals surface area contributed by atoms with Crippen LogP contribution in [-0.2, 0) is 19.3 Å². The third-order valence-electron chi connectivity index (χ3n) is 5.88. The average molecular weight is 392 g/mol. The minimum absolute atomic E-state index is 0.0538. The van der Waals surface area contributed by atoms with Gasteiger partial charge in [0.15, 0.2) is 11.5 Å². The first-order valence-electron chi connectivity index (χ1n) is 10.2. The summed E-state index contributed by atoms with van der Waals surface area (Å²) < 4.78 is 10.7. The molecule has 1 amide bonds. The lowest BCUT2D eigenvalue weighted by Gasteiger charge is -2.18. The topological polar surface area (TPSA) is 54.6 Å². The van der Waals surface area contributed by atoms with E-state index >= 15 is 0 Å². The zero-order valence-corrected chi connectivity index (χ0v) is 17.4. The number of methoxy groups -OCH3 is 2. The highest BCUT2D eigenvalue weighted by molar-refractivity contribution is 5.99. The number of nitrogens with zero attached hydrogens (tertiary/aromatic N) is 1. The molecule has 4 rings (SSSR count). The van der Waals surface area contributed by atoms with Crippen LogP contribution >= 0.6 is 0 Å². The van der Waals surface area contributed by atoms with Crippen molar-refractivity contribution >= 4 is 16.8 Å². The fourth-order valence-electron chi connectivity index (χ4n) is 4.19. The Balaban J connectivity index is 1.48. The minimum Gasteiger partial charge on any atom is -0.493 e. The van der Waals surface area contributed by atoms with Crippen LogP contribution in [0.1, 0.15) is 40.0 Å². The number of nitrogens with one attached hydrogen (secondary N) is 1. The number of likely N-dealkylation sites (N-methyl/N-ethyl adjacent to an activating group) is 1. The molecule has 1 heterocycles. The van der Waals surface area contributed by atoms with E-state index in [2.05, 4.69) is 11.1 Å². The van der Waals surface area contributed by atoms with E-state index in [0.717, 1.165) is 35.9 Å². The SMILES string of the molecule is COc1ccc(CCN(C)C(=O)c2ccc3[nH]c4c(c3c2)CCCC4)cc1OC. The van der Waals surface area contributed by atoms with E-state index in [1.54, 1.807) is 19.1 Å². The maximum atomic E-state index is 13.0. The summed E-state index contributed by atoms with van der Waals surface area (Å²) >= 11 is 0. The van der Waals surface area contributed by atoms with Crippen LogP contribution in [0.5, 0.6) is 11.5 Å². The number of aryl methyl sites for hydroxylation is 2. The summed E-state index contributed by atoms with van der Waals surface area (Å²) in [5, 5.41) is 1.21. The molecule has 0 spiro atoms. The summed E-state index contributed by atoms with van der Waals surface area (Å²) in [7, 11) is 5.12. The Hall–Kier alpha value is -2.95. The normalized spacial score (nSPS) is 13.2. The van der Waals surface area contributed by atoms with Gasteiger partial charge in [-0.2, -0.15) is 0 Å². The van der Waals surface area contributed by atoms with Crippen molar-refractivity contribution in [1.82, 2.24) is 9.88 Å². The predicted molar refractivity (Wildman–Crippen MR) is 115 cm³/mol. The first kappa shape index (κ1) is 19.4. The molecule has 1 aliphatic carbocycles. The second-order valence-electron chi connectivity index (χ2n) is 7.72. The number of carbonyl (C=O) groups excluding carboxylic acids is 1. The Labute approximate surface area is 171 Å². The van der Waals surface area contributed by atoms with Crippen molar-refractivity contribution in [2.75, 3.05) is 27.8 Å². The van der Waals surface area contributed by atoms with Crippen molar-refractivity contribution in [2.24, 2.45) is 0 Å². The second kappa shape index (κ2) is 8.19. The number of ether oxygens (including phenoxy) is 2. The fourth-order valence-corrected chi connectivity index (χ4v) is 4.19. The molecule has 1 aromatic heterocycles. The monoisotopic (exact) mass is 392 g/mol. The third kappa shape index (κ3) is 3.82. The summed E-state index contributed by atoms with van der Waals surface area (Å²) in [6.07, 6.45) is 5.43. The van der Waals surface area contributed by atoms with Crippen molar-refractivity contribution in [1.29, 1.82) is 0 Å². The number of amides is 1.